The second-order valence-corrected chi connectivity index (χ2v) is 28.6. The van der Waals surface area contributed by atoms with E-state index in [-0.39, 0.29) is 5.84 Å². The van der Waals surface area contributed by atoms with Crippen molar-refractivity contribution in [2.75, 3.05) is 7.05 Å². The van der Waals surface area contributed by atoms with E-state index in [0.717, 1.165) is 132 Å². The molecule has 0 aliphatic carbocycles. The molecule has 0 unspecified atom stereocenters. The first-order valence-electron chi connectivity index (χ1n) is 38.5. The molecule has 15 aromatic carbocycles. The average Bonchev–Trinajstić information content (AvgIpc) is 1.59. The summed E-state index contributed by atoms with van der Waals surface area (Å²) in [7, 11) is 1.82. The van der Waals surface area contributed by atoms with Crippen molar-refractivity contribution in [2.24, 2.45) is 4.99 Å². The van der Waals surface area contributed by atoms with Gasteiger partial charge in [0, 0.05) is 101 Å². The van der Waals surface area contributed by atoms with Crippen molar-refractivity contribution in [1.82, 2.24) is 50.2 Å². The van der Waals surface area contributed by atoms with Crippen LogP contribution in [-0.4, -0.2) is 63.6 Å². The first-order chi connectivity index (χ1) is 57.8. The molecule has 6 heterocycles. The van der Waals surface area contributed by atoms with E-state index in [9.17, 15) is 5.41 Å². The zero-order valence-electron chi connectivity index (χ0n) is 62.8. The molecule has 0 spiro atoms. The summed E-state index contributed by atoms with van der Waals surface area (Å²) < 4.78 is 21.4. The lowest BCUT2D eigenvalue weighted by Gasteiger charge is -2.13. The van der Waals surface area contributed by atoms with E-state index in [0.29, 0.717) is 97.3 Å². The predicted molar refractivity (Wildman–Crippen MR) is 468 cm³/mol. The van der Waals surface area contributed by atoms with Gasteiger partial charge in [-0.3, -0.25) is 5.41 Å². The fourth-order valence-corrected chi connectivity index (χ4v) is 15.6. The van der Waals surface area contributed by atoms with Crippen LogP contribution in [0, 0.1) is 5.41 Å². The fourth-order valence-electron chi connectivity index (χ4n) is 15.6. The number of rotatable bonds is 15. The first-order valence-corrected chi connectivity index (χ1v) is 38.5. The predicted octanol–water partition coefficient (Wildman–Crippen LogP) is 24.6. The number of nitrogens with one attached hydrogen (secondary N) is 2. The maximum atomic E-state index is 9.49. The summed E-state index contributed by atoms with van der Waals surface area (Å²) in [6.07, 6.45) is 0. The number of hydrogen-bond acceptors (Lipinski definition) is 13. The number of furan rings is 3. The lowest BCUT2D eigenvalue weighted by Crippen LogP contribution is -2.21. The van der Waals surface area contributed by atoms with Crippen molar-refractivity contribution in [1.29, 1.82) is 5.41 Å². The Labute approximate surface area is 670 Å². The number of hydrogen-bond donors (Lipinski definition) is 2. The minimum Gasteiger partial charge on any atom is -0.456 e. The molecule has 2 N–H and O–H groups in total. The van der Waals surface area contributed by atoms with Crippen molar-refractivity contribution < 1.29 is 13.3 Å². The van der Waals surface area contributed by atoms with Gasteiger partial charge in [-0.05, 0) is 118 Å². The van der Waals surface area contributed by atoms with Gasteiger partial charge in [0.15, 0.2) is 58.3 Å². The summed E-state index contributed by atoms with van der Waals surface area (Å²) in [5, 5.41) is 17.9. The van der Waals surface area contributed by atoms with Gasteiger partial charge in [-0.2, -0.15) is 0 Å². The lowest BCUT2D eigenvalue weighted by molar-refractivity contribution is 0.669. The summed E-state index contributed by atoms with van der Waals surface area (Å²) in [6.45, 7) is 0. The van der Waals surface area contributed by atoms with Gasteiger partial charge in [0.25, 0.3) is 0 Å². The van der Waals surface area contributed by atoms with Gasteiger partial charge >= 0.3 is 0 Å². The molecule has 21 aromatic rings. The zero-order valence-corrected chi connectivity index (χ0v) is 62.8. The number of aromatic nitrogens is 9. The van der Waals surface area contributed by atoms with Crippen LogP contribution in [0.25, 0.3) is 213 Å². The number of para-hydroxylation sites is 1. The summed E-state index contributed by atoms with van der Waals surface area (Å²) >= 11 is 0. The smallest absolute Gasteiger partial charge is 0.167 e. The molecule has 0 saturated heterocycles. The van der Waals surface area contributed by atoms with Gasteiger partial charge in [0.1, 0.15) is 39.3 Å². The monoisotopic (exact) mass is 1500 g/mol. The van der Waals surface area contributed by atoms with Crippen molar-refractivity contribution in [3.8, 4) is 147 Å². The van der Waals surface area contributed by atoms with Crippen LogP contribution in [0.2, 0.25) is 0 Å². The van der Waals surface area contributed by atoms with Gasteiger partial charge in [-0.25, -0.2) is 49.8 Å². The van der Waals surface area contributed by atoms with Crippen LogP contribution in [0.5, 0.6) is 0 Å². The quantitative estimate of drug-likeness (QED) is 0.0725. The van der Waals surface area contributed by atoms with Crippen LogP contribution in [0.15, 0.2) is 376 Å². The summed E-state index contributed by atoms with van der Waals surface area (Å²) in [5.41, 5.74) is 20.1. The Morgan fingerprint density at radius 2 is 0.615 bits per heavy atom. The number of aliphatic imine (C=N–C) groups is 1. The van der Waals surface area contributed by atoms with E-state index in [1.54, 1.807) is 0 Å². The largest absolute Gasteiger partial charge is 0.456 e. The molecule has 0 aliphatic rings. The molecule has 21 rings (SSSR count). The molecule has 6 aromatic heterocycles. The molecular formula is C102H64N12O3. The molecule has 117 heavy (non-hydrogen) atoms. The Morgan fingerprint density at radius 1 is 0.239 bits per heavy atom. The Hall–Kier alpha value is -16.1. The number of nitrogens with zero attached hydrogens (tertiary/aromatic N) is 10. The Bertz CT molecular complexity index is 7310. The molecule has 550 valence electrons. The minimum absolute atomic E-state index is 0.103. The van der Waals surface area contributed by atoms with Crippen molar-refractivity contribution in [2.45, 2.75) is 0 Å². The molecule has 0 bridgehead atoms. The van der Waals surface area contributed by atoms with Crippen molar-refractivity contribution in [3.05, 3.63) is 369 Å². The Morgan fingerprint density at radius 3 is 1.17 bits per heavy atom. The van der Waals surface area contributed by atoms with Gasteiger partial charge in [0.2, 0.25) is 0 Å². The van der Waals surface area contributed by atoms with Gasteiger partial charge in [0.05, 0.1) is 5.56 Å². The molecule has 0 saturated carbocycles. The van der Waals surface area contributed by atoms with Crippen LogP contribution < -0.4 is 5.32 Å². The highest BCUT2D eigenvalue weighted by atomic mass is 16.3. The van der Waals surface area contributed by atoms with E-state index in [2.05, 4.69) is 96.3 Å². The maximum absolute atomic E-state index is 9.49. The van der Waals surface area contributed by atoms with E-state index in [4.69, 9.17) is 63.1 Å². The topological polar surface area (TPSA) is 204 Å². The van der Waals surface area contributed by atoms with Gasteiger partial charge < -0.3 is 18.6 Å². The van der Waals surface area contributed by atoms with E-state index < -0.39 is 0 Å². The number of fused-ring (bicyclic) bond motifs is 9. The maximum Gasteiger partial charge on any atom is 0.167 e. The molecule has 0 radical (unpaired) electrons. The first kappa shape index (κ1) is 68.9. The normalized spacial score (nSPS) is 11.7. The van der Waals surface area contributed by atoms with E-state index in [1.165, 1.54) is 0 Å². The lowest BCUT2D eigenvalue weighted by atomic mass is 9.91. The molecule has 0 atom stereocenters. The molecule has 0 amide bonds. The van der Waals surface area contributed by atoms with Crippen LogP contribution in [0.1, 0.15) is 11.1 Å². The number of amidine groups is 2. The molecule has 15 heteroatoms. The minimum atomic E-state index is 0.103. The average molecular weight is 1510 g/mol. The zero-order chi connectivity index (χ0) is 77.9. The summed E-state index contributed by atoms with van der Waals surface area (Å²) in [4.78, 5) is 51.2. The molecule has 0 aliphatic heterocycles. The van der Waals surface area contributed by atoms with Crippen molar-refractivity contribution in [3.63, 3.8) is 0 Å². The van der Waals surface area contributed by atoms with Gasteiger partial charge in [-0.15, -0.1) is 0 Å². The van der Waals surface area contributed by atoms with Gasteiger partial charge in [-0.1, -0.05) is 279 Å². The third-order valence-electron chi connectivity index (χ3n) is 21.3. The van der Waals surface area contributed by atoms with Crippen LogP contribution in [0.4, 0.5) is 0 Å². The highest BCUT2D eigenvalue weighted by Gasteiger charge is 2.26. The SMILES string of the molecule is CN/C(=N\C(=N)c1cccc(-c2cc(-c3cccc(-c4cc(-c5ccc6oc7c(-c8nc(-c9ccccc9)nc(-c9ccccc9)n8)cccc7c6c5)c5c(c4)oc4ccc(-c6nc(-c7ccccc7)nc(-c7ccccc7)n6)cc45)c3)c3oc4cccc(-c5nc(-c6ccccc6)nc(-c6ccccc6)n5)c4c3c2)c1)c1ccccc1. The van der Waals surface area contributed by atoms with Crippen LogP contribution in [-0.2, 0) is 0 Å². The Balaban J connectivity index is 0.757. The Kier molecular flexibility index (Phi) is 17.2. The van der Waals surface area contributed by atoms with Crippen LogP contribution >= 0.6 is 0 Å². The highest BCUT2D eigenvalue weighted by molar-refractivity contribution is 6.19. The summed E-state index contributed by atoms with van der Waals surface area (Å²) in [5.74, 6) is 5.48. The second kappa shape index (κ2) is 29.2. The molecule has 15 nitrogen and oxygen atoms in total. The van der Waals surface area contributed by atoms with E-state index >= 15 is 0 Å². The van der Waals surface area contributed by atoms with Crippen molar-refractivity contribution >= 4 is 77.5 Å². The standard InChI is InChI=1S/C102H64N12O3/c1-104-93(61-27-9-2-10-28-61)105-92(103)72-44-24-42-69(54-72)74-58-80(91-83(59-74)88-77(46-26-48-86(88)117-91)101-111-96(64-33-15-5-16-34-64)107-97(112-101)65-35-17-6-18-36-65)70-43-23-41-68(53-70)75-57-79(89-82-56-73(50-52-85(82)115-87(89)60-75)100-109-94(62-29-11-3-12-30-62)106-95(110-100)63-31-13-4-14-32-63)71-49-51-84-81(55-71)76-45-25-47-78(90(76)116-84)102-113-98(66-37-19-7-20-38-66)108-99(114-102)67-39-21-8-22-40-67/h2-60H,1H3,(H2,103,104,105). The van der Waals surface area contributed by atoms with E-state index in [1.807, 2.05) is 274 Å². The third-order valence-corrected chi connectivity index (χ3v) is 21.3. The number of benzene rings is 15. The van der Waals surface area contributed by atoms with Crippen LogP contribution in [0.3, 0.4) is 0 Å². The highest BCUT2D eigenvalue weighted by Crippen LogP contribution is 2.48. The summed E-state index contributed by atoms with van der Waals surface area (Å²) in [6, 6.07) is 120. The molecule has 0 fully saturated rings. The second-order valence-electron chi connectivity index (χ2n) is 28.6. The molecular weight excluding hydrogens is 1440 g/mol. The third kappa shape index (κ3) is 12.9. The fraction of sp³-hybridized carbons (Fsp3) is 0.00980.